The molecule has 112 valence electrons. The van der Waals surface area contributed by atoms with Crippen LogP contribution < -0.4 is 11.1 Å². The largest absolute Gasteiger partial charge is 0.380 e. The number of fused-ring (bicyclic) bond motifs is 1. The van der Waals surface area contributed by atoms with Crippen LogP contribution in [0.15, 0.2) is 23.2 Å². The van der Waals surface area contributed by atoms with Crippen molar-refractivity contribution >= 4 is 35.6 Å². The molecule has 3 N–H and O–H groups in total. The van der Waals surface area contributed by atoms with Gasteiger partial charge in [-0.05, 0) is 49.8 Å². The number of rotatable bonds is 5. The van der Waals surface area contributed by atoms with E-state index in [1.54, 1.807) is 0 Å². The molecule has 0 saturated carbocycles. The molecule has 0 aliphatic heterocycles. The minimum Gasteiger partial charge on any atom is -0.380 e. The Balaban J connectivity index is 0.00000200. The number of halogens is 1. The van der Waals surface area contributed by atoms with Gasteiger partial charge in [-0.15, -0.1) is 24.0 Å². The Labute approximate surface area is 138 Å². The van der Waals surface area contributed by atoms with Crippen molar-refractivity contribution in [2.75, 3.05) is 25.1 Å². The van der Waals surface area contributed by atoms with Crippen LogP contribution in [-0.4, -0.2) is 25.7 Å². The van der Waals surface area contributed by atoms with Crippen molar-refractivity contribution in [3.8, 4) is 0 Å². The van der Waals surface area contributed by atoms with Crippen LogP contribution in [-0.2, 0) is 17.6 Å². The average molecular weight is 389 g/mol. The van der Waals surface area contributed by atoms with Crippen LogP contribution in [0.4, 0.5) is 5.69 Å². The lowest BCUT2D eigenvalue weighted by Gasteiger charge is -2.19. The highest BCUT2D eigenvalue weighted by atomic mass is 127. The minimum atomic E-state index is 0. The maximum Gasteiger partial charge on any atom is 0.193 e. The van der Waals surface area contributed by atoms with Gasteiger partial charge in [-0.1, -0.05) is 12.1 Å². The number of aryl methyl sites for hydroxylation is 1. The summed E-state index contributed by atoms with van der Waals surface area (Å²) in [6.45, 7) is 3.91. The van der Waals surface area contributed by atoms with Crippen LogP contribution in [0.3, 0.4) is 0 Å². The number of ether oxygens (including phenoxy) is 1. The Hall–Kier alpha value is -0.820. The summed E-state index contributed by atoms with van der Waals surface area (Å²) in [6, 6.07) is 6.37. The highest BCUT2D eigenvalue weighted by molar-refractivity contribution is 14.0. The third-order valence-electron chi connectivity index (χ3n) is 3.38. The number of nitrogens with zero attached hydrogens (tertiary/aromatic N) is 1. The van der Waals surface area contributed by atoms with Gasteiger partial charge in [0.05, 0.1) is 13.2 Å². The standard InChI is InChI=1S/C15H23N3O.HI/c1-2-19-11-10-17-15(16)18-14-9-5-7-12-6-3-4-8-13(12)14;/h5,7,9H,2-4,6,8,10-11H2,1H3,(H3,16,17,18);1H. The molecule has 0 atom stereocenters. The lowest BCUT2D eigenvalue weighted by molar-refractivity contribution is 0.156. The SMILES string of the molecule is CCOCCN=C(N)Nc1cccc2c1CCCC2.I. The second-order valence-electron chi connectivity index (χ2n) is 4.74. The van der Waals surface area contributed by atoms with E-state index >= 15 is 0 Å². The first-order valence-electron chi connectivity index (χ1n) is 7.06. The van der Waals surface area contributed by atoms with Crippen molar-refractivity contribution in [3.05, 3.63) is 29.3 Å². The number of benzene rings is 1. The van der Waals surface area contributed by atoms with Crippen molar-refractivity contribution in [1.29, 1.82) is 0 Å². The number of nitrogens with one attached hydrogen (secondary N) is 1. The summed E-state index contributed by atoms with van der Waals surface area (Å²) in [6.07, 6.45) is 4.85. The Bertz CT molecular complexity index is 449. The van der Waals surface area contributed by atoms with E-state index in [1.807, 2.05) is 6.92 Å². The Morgan fingerprint density at radius 3 is 2.95 bits per heavy atom. The fourth-order valence-corrected chi connectivity index (χ4v) is 2.45. The molecule has 0 fully saturated rings. The van der Waals surface area contributed by atoms with E-state index in [0.29, 0.717) is 19.1 Å². The molecule has 0 saturated heterocycles. The molecule has 0 amide bonds. The first-order chi connectivity index (χ1) is 9.31. The van der Waals surface area contributed by atoms with Gasteiger partial charge < -0.3 is 15.8 Å². The number of anilines is 1. The number of hydrogen-bond acceptors (Lipinski definition) is 2. The predicted octanol–water partition coefficient (Wildman–Crippen LogP) is 2.95. The molecule has 20 heavy (non-hydrogen) atoms. The second-order valence-corrected chi connectivity index (χ2v) is 4.74. The van der Waals surface area contributed by atoms with Gasteiger partial charge in [0.25, 0.3) is 0 Å². The van der Waals surface area contributed by atoms with Gasteiger partial charge in [0, 0.05) is 12.3 Å². The maximum absolute atomic E-state index is 5.90. The number of guanidine groups is 1. The van der Waals surface area contributed by atoms with Crippen LogP contribution >= 0.6 is 24.0 Å². The quantitative estimate of drug-likeness (QED) is 0.352. The predicted molar refractivity (Wildman–Crippen MR) is 95.1 cm³/mol. The molecule has 4 nitrogen and oxygen atoms in total. The molecule has 1 aromatic rings. The molecule has 0 unspecified atom stereocenters. The lowest BCUT2D eigenvalue weighted by Crippen LogP contribution is -2.24. The molecule has 0 spiro atoms. The van der Waals surface area contributed by atoms with E-state index < -0.39 is 0 Å². The van der Waals surface area contributed by atoms with Gasteiger partial charge in [-0.3, -0.25) is 4.99 Å². The van der Waals surface area contributed by atoms with Gasteiger partial charge >= 0.3 is 0 Å². The van der Waals surface area contributed by atoms with Crippen molar-refractivity contribution < 1.29 is 4.74 Å². The van der Waals surface area contributed by atoms with Crippen molar-refractivity contribution in [3.63, 3.8) is 0 Å². The van der Waals surface area contributed by atoms with Crippen LogP contribution in [0.1, 0.15) is 30.9 Å². The van der Waals surface area contributed by atoms with E-state index in [2.05, 4.69) is 28.5 Å². The molecule has 1 aliphatic rings. The highest BCUT2D eigenvalue weighted by Crippen LogP contribution is 2.27. The normalized spacial score (nSPS) is 14.3. The van der Waals surface area contributed by atoms with Gasteiger partial charge in [0.1, 0.15) is 0 Å². The number of hydrogen-bond donors (Lipinski definition) is 2. The molecule has 5 heteroatoms. The van der Waals surface area contributed by atoms with Crippen LogP contribution in [0.5, 0.6) is 0 Å². The summed E-state index contributed by atoms with van der Waals surface area (Å²) in [5.41, 5.74) is 9.85. The Kier molecular flexibility index (Phi) is 7.91. The van der Waals surface area contributed by atoms with E-state index in [-0.39, 0.29) is 24.0 Å². The molecular formula is C15H24IN3O. The third-order valence-corrected chi connectivity index (χ3v) is 3.38. The number of nitrogens with two attached hydrogens (primary N) is 1. The first-order valence-corrected chi connectivity index (χ1v) is 7.06. The van der Waals surface area contributed by atoms with E-state index in [9.17, 15) is 0 Å². The summed E-state index contributed by atoms with van der Waals surface area (Å²) >= 11 is 0. The summed E-state index contributed by atoms with van der Waals surface area (Å²) in [4.78, 5) is 4.26. The van der Waals surface area contributed by atoms with E-state index in [1.165, 1.54) is 30.4 Å². The third kappa shape index (κ3) is 4.94. The van der Waals surface area contributed by atoms with Gasteiger partial charge in [-0.25, -0.2) is 0 Å². The summed E-state index contributed by atoms with van der Waals surface area (Å²) in [7, 11) is 0. The Morgan fingerprint density at radius 1 is 1.35 bits per heavy atom. The molecule has 0 heterocycles. The average Bonchev–Trinajstić information content (AvgIpc) is 2.44. The molecule has 1 aliphatic carbocycles. The first kappa shape index (κ1) is 17.2. The van der Waals surface area contributed by atoms with Crippen LogP contribution in [0.25, 0.3) is 0 Å². The fourth-order valence-electron chi connectivity index (χ4n) is 2.45. The zero-order chi connectivity index (χ0) is 13.5. The lowest BCUT2D eigenvalue weighted by atomic mass is 9.90. The van der Waals surface area contributed by atoms with Gasteiger partial charge in [0.15, 0.2) is 5.96 Å². The van der Waals surface area contributed by atoms with Gasteiger partial charge in [0.2, 0.25) is 0 Å². The molecule has 0 aromatic heterocycles. The summed E-state index contributed by atoms with van der Waals surface area (Å²) in [5.74, 6) is 0.471. The summed E-state index contributed by atoms with van der Waals surface area (Å²) < 4.78 is 5.23. The molecule has 2 rings (SSSR count). The topological polar surface area (TPSA) is 59.6 Å². The molecule has 0 bridgehead atoms. The smallest absolute Gasteiger partial charge is 0.193 e. The monoisotopic (exact) mass is 389 g/mol. The van der Waals surface area contributed by atoms with Crippen molar-refractivity contribution in [2.45, 2.75) is 32.6 Å². The van der Waals surface area contributed by atoms with Crippen molar-refractivity contribution in [1.82, 2.24) is 0 Å². The fraction of sp³-hybridized carbons (Fsp3) is 0.533. The Morgan fingerprint density at radius 2 is 2.15 bits per heavy atom. The van der Waals surface area contributed by atoms with Crippen LogP contribution in [0.2, 0.25) is 0 Å². The van der Waals surface area contributed by atoms with E-state index in [0.717, 1.165) is 18.7 Å². The molecule has 0 radical (unpaired) electrons. The minimum absolute atomic E-state index is 0. The molecule has 1 aromatic carbocycles. The van der Waals surface area contributed by atoms with E-state index in [4.69, 9.17) is 10.5 Å². The highest BCUT2D eigenvalue weighted by Gasteiger charge is 2.12. The zero-order valence-corrected chi connectivity index (χ0v) is 14.4. The second kappa shape index (κ2) is 9.18. The maximum atomic E-state index is 5.90. The van der Waals surface area contributed by atoms with Gasteiger partial charge in [-0.2, -0.15) is 0 Å². The summed E-state index contributed by atoms with van der Waals surface area (Å²) in [5, 5.41) is 3.22. The number of aliphatic imine (C=N–C) groups is 1. The zero-order valence-electron chi connectivity index (χ0n) is 12.0. The van der Waals surface area contributed by atoms with Crippen LogP contribution in [0, 0.1) is 0 Å². The molecular weight excluding hydrogens is 365 g/mol. The van der Waals surface area contributed by atoms with Crippen molar-refractivity contribution in [2.24, 2.45) is 10.7 Å².